The van der Waals surface area contributed by atoms with Crippen LogP contribution in [0, 0.1) is 29.6 Å². The van der Waals surface area contributed by atoms with Crippen LogP contribution in [0.15, 0.2) is 4.99 Å². The molecule has 2 saturated heterocycles. The standard InChI is InChI=1S/C30H54O12.C6H13N3O/c1-7-16-10-18(14(5)21(33)23(16)35)38-27-19(11-31)40-30(25(27)37)42-28-20(32)12(3)9-13(4)26(28)41-29-15(6)22(34)24(36)17(8-2)39-29;1-5(10)3-2-4-9-6(7)8/h12-37H,7-11H2,1-6H3;2-4H2,1H3,(H4,7,8,9)/t12-,13+,14+,15?,16-,17-,18+,19?,20?,21?,22-,23-,24?,25-,26?,27-,28-,29?,30?;/m1./s1. The summed E-state index contributed by atoms with van der Waals surface area (Å²) in [6, 6.07) is 0. The van der Waals surface area contributed by atoms with Gasteiger partial charge in [0.05, 0.1) is 49.3 Å². The molecule has 0 aromatic carbocycles. The van der Waals surface area contributed by atoms with Gasteiger partial charge in [-0.15, -0.1) is 0 Å². The molecule has 16 nitrogen and oxygen atoms in total. The third-order valence-electron chi connectivity index (χ3n) is 11.3. The quantitative estimate of drug-likeness (QED) is 0.0655. The summed E-state index contributed by atoms with van der Waals surface area (Å²) in [5.74, 6) is -1.10. The number of guanidine groups is 1. The molecule has 4 fully saturated rings. The average Bonchev–Trinajstić information content (AvgIpc) is 3.40. The summed E-state index contributed by atoms with van der Waals surface area (Å²) in [7, 11) is 0. The molecular formula is C36H67N3O13. The van der Waals surface area contributed by atoms with Gasteiger partial charge in [-0.25, -0.2) is 0 Å². The number of ketones is 1. The number of ether oxygens (including phenoxy) is 5. The lowest BCUT2D eigenvalue weighted by Crippen LogP contribution is -2.59. The molecule has 0 aromatic rings. The van der Waals surface area contributed by atoms with Crippen LogP contribution in [0.3, 0.4) is 0 Å². The first-order valence-electron chi connectivity index (χ1n) is 19.0. The largest absolute Gasteiger partial charge is 0.394 e. The summed E-state index contributed by atoms with van der Waals surface area (Å²) < 4.78 is 30.9. The number of carbonyl (C=O) groups is 1. The molecule has 8 unspecified atom stereocenters. The molecule has 0 bridgehead atoms. The molecule has 2 aliphatic carbocycles. The van der Waals surface area contributed by atoms with E-state index in [2.05, 4.69) is 4.99 Å². The van der Waals surface area contributed by atoms with Crippen LogP contribution in [0.4, 0.5) is 0 Å². The lowest BCUT2D eigenvalue weighted by molar-refractivity contribution is -0.325. The van der Waals surface area contributed by atoms with Gasteiger partial charge >= 0.3 is 0 Å². The van der Waals surface area contributed by atoms with Crippen LogP contribution < -0.4 is 11.5 Å². The number of nitrogens with two attached hydrogens (primary N) is 2. The fourth-order valence-corrected chi connectivity index (χ4v) is 7.86. The molecule has 0 radical (unpaired) electrons. The lowest BCUT2D eigenvalue weighted by Gasteiger charge is -2.47. The molecular weight excluding hydrogens is 682 g/mol. The van der Waals surface area contributed by atoms with Crippen molar-refractivity contribution in [3.63, 3.8) is 0 Å². The highest BCUT2D eigenvalue weighted by atomic mass is 16.7. The minimum absolute atomic E-state index is 0.0866. The van der Waals surface area contributed by atoms with E-state index in [-0.39, 0.29) is 29.5 Å². The maximum absolute atomic E-state index is 11.3. The Morgan fingerprint density at radius 3 is 1.90 bits per heavy atom. The van der Waals surface area contributed by atoms with E-state index < -0.39 is 104 Å². The van der Waals surface area contributed by atoms with Crippen molar-refractivity contribution in [3.8, 4) is 0 Å². The number of hydrogen-bond donors (Lipinski definition) is 9. The topological polar surface area (TPSA) is 269 Å². The van der Waals surface area contributed by atoms with Gasteiger partial charge in [0.25, 0.3) is 0 Å². The maximum atomic E-state index is 11.3. The molecule has 2 heterocycles. The molecule has 4 rings (SSSR count). The Morgan fingerprint density at radius 1 is 0.712 bits per heavy atom. The third kappa shape index (κ3) is 11.0. The van der Waals surface area contributed by atoms with Crippen LogP contribution in [0.2, 0.25) is 0 Å². The first-order valence-corrected chi connectivity index (χ1v) is 19.0. The number of rotatable bonds is 13. The highest BCUT2D eigenvalue weighted by Gasteiger charge is 2.53. The van der Waals surface area contributed by atoms with Crippen LogP contribution in [-0.4, -0.2) is 146 Å². The number of aliphatic hydroxyl groups is 7. The zero-order chi connectivity index (χ0) is 39.0. The minimum Gasteiger partial charge on any atom is -0.394 e. The highest BCUT2D eigenvalue weighted by molar-refractivity contribution is 5.76. The monoisotopic (exact) mass is 749 g/mol. The van der Waals surface area contributed by atoms with E-state index in [9.17, 15) is 40.5 Å². The van der Waals surface area contributed by atoms with Crippen molar-refractivity contribution in [3.05, 3.63) is 0 Å². The summed E-state index contributed by atoms with van der Waals surface area (Å²) in [5, 5.41) is 74.7. The Hall–Kier alpha value is -1.54. The Bertz CT molecular complexity index is 1110. The van der Waals surface area contributed by atoms with Crippen molar-refractivity contribution in [2.24, 2.45) is 46.0 Å². The van der Waals surface area contributed by atoms with E-state index >= 15 is 0 Å². The molecule has 19 atom stereocenters. The Morgan fingerprint density at radius 2 is 1.33 bits per heavy atom. The van der Waals surface area contributed by atoms with Gasteiger partial charge in [0.15, 0.2) is 18.5 Å². The van der Waals surface area contributed by atoms with Gasteiger partial charge in [-0.2, -0.15) is 0 Å². The zero-order valence-corrected chi connectivity index (χ0v) is 31.8. The minimum atomic E-state index is -1.31. The fourth-order valence-electron chi connectivity index (χ4n) is 7.86. The molecule has 52 heavy (non-hydrogen) atoms. The number of hydrogen-bond acceptors (Lipinski definition) is 14. The van der Waals surface area contributed by atoms with Crippen molar-refractivity contribution in [2.75, 3.05) is 13.2 Å². The van der Waals surface area contributed by atoms with Gasteiger partial charge in [0.1, 0.15) is 36.3 Å². The van der Waals surface area contributed by atoms with Gasteiger partial charge < -0.3 is 75.7 Å². The van der Waals surface area contributed by atoms with Crippen LogP contribution in [-0.2, 0) is 28.5 Å². The van der Waals surface area contributed by atoms with Crippen molar-refractivity contribution in [2.45, 2.75) is 173 Å². The van der Waals surface area contributed by atoms with E-state index in [0.717, 1.165) is 6.42 Å². The summed E-state index contributed by atoms with van der Waals surface area (Å²) in [6.45, 7) is 12.8. The van der Waals surface area contributed by atoms with Crippen molar-refractivity contribution in [1.29, 1.82) is 0 Å². The predicted molar refractivity (Wildman–Crippen MR) is 189 cm³/mol. The fraction of sp³-hybridized carbons (Fsp3) is 0.944. The van der Waals surface area contributed by atoms with Crippen molar-refractivity contribution in [1.82, 2.24) is 0 Å². The Labute approximate surface area is 307 Å². The smallest absolute Gasteiger partial charge is 0.187 e. The summed E-state index contributed by atoms with van der Waals surface area (Å²) in [5.41, 5.74) is 10.1. The van der Waals surface area contributed by atoms with E-state index in [1.54, 1.807) is 20.8 Å². The van der Waals surface area contributed by atoms with E-state index in [0.29, 0.717) is 38.6 Å². The van der Waals surface area contributed by atoms with Gasteiger partial charge in [0, 0.05) is 24.8 Å². The first kappa shape index (κ1) is 44.9. The van der Waals surface area contributed by atoms with Crippen LogP contribution >= 0.6 is 0 Å². The highest BCUT2D eigenvalue weighted by Crippen LogP contribution is 2.40. The van der Waals surface area contributed by atoms with Gasteiger partial charge in [-0.05, 0) is 50.4 Å². The van der Waals surface area contributed by atoms with E-state index in [1.165, 1.54) is 0 Å². The number of aliphatic imine (C=N–C) groups is 1. The van der Waals surface area contributed by atoms with Gasteiger partial charge in [0.2, 0.25) is 0 Å². The average molecular weight is 750 g/mol. The predicted octanol–water partition coefficient (Wildman–Crippen LogP) is -0.465. The molecule has 0 amide bonds. The number of nitrogens with zero attached hydrogens (tertiary/aromatic N) is 1. The second-order valence-electron chi connectivity index (χ2n) is 15.4. The Kier molecular flexibility index (Phi) is 17.6. The molecule has 0 spiro atoms. The van der Waals surface area contributed by atoms with E-state index in [4.69, 9.17) is 35.2 Å². The molecule has 11 N–H and O–H groups in total. The van der Waals surface area contributed by atoms with Crippen LogP contribution in [0.25, 0.3) is 0 Å². The molecule has 16 heteroatoms. The molecule has 2 aliphatic heterocycles. The van der Waals surface area contributed by atoms with Gasteiger partial charge in [-0.1, -0.05) is 48.0 Å². The van der Waals surface area contributed by atoms with Crippen LogP contribution in [0.1, 0.15) is 87.0 Å². The SMILES string of the molecule is CC(=O)CCCN=C(N)N.CC[C@@H]1C[C@H](O[C@@H]2C(CO)OC(O[C@@H]3C(O)[C@H](C)C[C@H](C)C3OC3O[C@H](CC)C(O)[C@H](O)C3C)[C@@H]2O)[C@H](C)C(O)[C@@H]1O. The lowest BCUT2D eigenvalue weighted by atomic mass is 9.75. The second-order valence-corrected chi connectivity index (χ2v) is 15.4. The summed E-state index contributed by atoms with van der Waals surface area (Å²) >= 11 is 0. The normalized spacial score (nSPS) is 45.2. The molecule has 2 saturated carbocycles. The first-order chi connectivity index (χ1) is 24.5. The zero-order valence-electron chi connectivity index (χ0n) is 31.8. The summed E-state index contributed by atoms with van der Waals surface area (Å²) in [4.78, 5) is 14.1. The number of Topliss-reactive ketones (excluding diaryl/α,β-unsaturated/α-hetero) is 1. The molecule has 4 aliphatic rings. The third-order valence-corrected chi connectivity index (χ3v) is 11.3. The number of aliphatic hydroxyl groups excluding tert-OH is 7. The summed E-state index contributed by atoms with van der Waals surface area (Å²) in [6.07, 6.45) is -9.38. The molecule has 0 aromatic heterocycles. The number of carbonyl (C=O) groups excluding carboxylic acids is 1. The maximum Gasteiger partial charge on any atom is 0.187 e. The van der Waals surface area contributed by atoms with E-state index in [1.807, 2.05) is 27.7 Å². The molecule has 304 valence electrons. The Balaban J connectivity index is 0.000000636. The van der Waals surface area contributed by atoms with Crippen molar-refractivity contribution >= 4 is 11.7 Å². The van der Waals surface area contributed by atoms with Gasteiger partial charge in [-0.3, -0.25) is 4.99 Å². The van der Waals surface area contributed by atoms with Crippen LogP contribution in [0.5, 0.6) is 0 Å². The van der Waals surface area contributed by atoms with Crippen molar-refractivity contribution < 1.29 is 64.2 Å². The second kappa shape index (κ2) is 20.4.